The Bertz CT molecular complexity index is 833. The molecule has 2 aliphatic rings. The Balaban J connectivity index is 1.87. The minimum atomic E-state index is -3.07. The van der Waals surface area contributed by atoms with Crippen LogP contribution in [0.25, 0.3) is 0 Å². The lowest BCUT2D eigenvalue weighted by molar-refractivity contribution is 0.0666. The fourth-order valence-corrected chi connectivity index (χ4v) is 5.85. The van der Waals surface area contributed by atoms with Crippen LogP contribution in [0, 0.1) is 0 Å². The SMILES string of the molecule is CCN(CC)CCN(C(=O)c1cc(C2CC2)n(C(C)(C)C)n1)C1CCS(=O)(=O)C1. The molecule has 0 spiro atoms. The summed E-state index contributed by atoms with van der Waals surface area (Å²) < 4.78 is 26.1. The first kappa shape index (κ1) is 22.3. The van der Waals surface area contributed by atoms with E-state index in [4.69, 9.17) is 5.10 Å². The van der Waals surface area contributed by atoms with Gasteiger partial charge in [0, 0.05) is 30.7 Å². The van der Waals surface area contributed by atoms with Crippen LogP contribution in [0.15, 0.2) is 6.07 Å². The lowest BCUT2D eigenvalue weighted by Gasteiger charge is -2.30. The van der Waals surface area contributed by atoms with E-state index in [1.165, 1.54) is 0 Å². The lowest BCUT2D eigenvalue weighted by Crippen LogP contribution is -2.45. The van der Waals surface area contributed by atoms with Gasteiger partial charge in [-0.25, -0.2) is 8.42 Å². The number of rotatable bonds is 8. The van der Waals surface area contributed by atoms with Gasteiger partial charge >= 0.3 is 0 Å². The van der Waals surface area contributed by atoms with E-state index < -0.39 is 9.84 Å². The van der Waals surface area contributed by atoms with E-state index in [9.17, 15) is 13.2 Å². The highest BCUT2D eigenvalue weighted by atomic mass is 32.2. The van der Waals surface area contributed by atoms with Gasteiger partial charge in [0.05, 0.1) is 17.0 Å². The van der Waals surface area contributed by atoms with E-state index in [0.717, 1.165) is 38.2 Å². The fourth-order valence-electron chi connectivity index (χ4n) is 4.11. The van der Waals surface area contributed by atoms with Gasteiger partial charge in [0.25, 0.3) is 5.91 Å². The average Bonchev–Trinajstić information content (AvgIpc) is 3.28. The van der Waals surface area contributed by atoms with Crippen molar-refractivity contribution in [1.29, 1.82) is 0 Å². The topological polar surface area (TPSA) is 75.5 Å². The molecule has 1 aromatic rings. The Hall–Kier alpha value is -1.41. The number of likely N-dealkylation sites (N-methyl/N-ethyl adjacent to an activating group) is 1. The van der Waals surface area contributed by atoms with Gasteiger partial charge in [0.1, 0.15) is 0 Å². The zero-order valence-corrected chi connectivity index (χ0v) is 19.3. The van der Waals surface area contributed by atoms with Gasteiger partial charge in [-0.2, -0.15) is 5.10 Å². The van der Waals surface area contributed by atoms with Crippen molar-refractivity contribution in [3.8, 4) is 0 Å². The predicted molar refractivity (Wildman–Crippen MR) is 115 cm³/mol. The third kappa shape index (κ3) is 5.20. The van der Waals surface area contributed by atoms with Gasteiger partial charge in [0.15, 0.2) is 15.5 Å². The molecular formula is C21H36N4O3S. The normalized spacial score (nSPS) is 21.7. The predicted octanol–water partition coefficient (Wildman–Crippen LogP) is 2.49. The largest absolute Gasteiger partial charge is 0.332 e. The van der Waals surface area contributed by atoms with Crippen LogP contribution < -0.4 is 0 Å². The molecule has 3 rings (SSSR count). The summed E-state index contributed by atoms with van der Waals surface area (Å²) in [6.45, 7) is 13.6. The Kier molecular flexibility index (Phi) is 6.44. The van der Waals surface area contributed by atoms with Crippen LogP contribution in [0.1, 0.15) is 76.0 Å². The quantitative estimate of drug-likeness (QED) is 0.641. The van der Waals surface area contributed by atoms with Crippen molar-refractivity contribution in [3.63, 3.8) is 0 Å². The van der Waals surface area contributed by atoms with Crippen LogP contribution in [-0.2, 0) is 15.4 Å². The van der Waals surface area contributed by atoms with Gasteiger partial charge in [-0.1, -0.05) is 13.8 Å². The molecule has 0 N–H and O–H groups in total. The maximum Gasteiger partial charge on any atom is 0.274 e. The highest BCUT2D eigenvalue weighted by Crippen LogP contribution is 2.42. The first-order valence-corrected chi connectivity index (χ1v) is 12.7. The van der Waals surface area contributed by atoms with Crippen molar-refractivity contribution in [3.05, 3.63) is 17.5 Å². The minimum absolute atomic E-state index is 0.0620. The molecule has 164 valence electrons. The second-order valence-electron chi connectivity index (χ2n) is 9.39. The third-order valence-corrected chi connectivity index (χ3v) is 7.80. The van der Waals surface area contributed by atoms with Gasteiger partial charge in [0.2, 0.25) is 0 Å². The smallest absolute Gasteiger partial charge is 0.274 e. The molecule has 1 aliphatic carbocycles. The Labute approximate surface area is 175 Å². The van der Waals surface area contributed by atoms with Gasteiger partial charge in [-0.15, -0.1) is 0 Å². The number of hydrogen-bond donors (Lipinski definition) is 0. The van der Waals surface area contributed by atoms with Crippen molar-refractivity contribution in [2.45, 2.75) is 71.4 Å². The maximum absolute atomic E-state index is 13.5. The molecule has 1 atom stereocenters. The Morgan fingerprint density at radius 2 is 1.83 bits per heavy atom. The number of aromatic nitrogens is 2. The van der Waals surface area contributed by atoms with Crippen molar-refractivity contribution in [2.75, 3.05) is 37.7 Å². The number of sulfone groups is 1. The molecule has 8 heteroatoms. The summed E-state index contributed by atoms with van der Waals surface area (Å²) in [6.07, 6.45) is 2.80. The Morgan fingerprint density at radius 3 is 2.31 bits per heavy atom. The van der Waals surface area contributed by atoms with Crippen LogP contribution in [0.3, 0.4) is 0 Å². The van der Waals surface area contributed by atoms with E-state index in [1.807, 2.05) is 10.7 Å². The number of carbonyl (C=O) groups is 1. The summed E-state index contributed by atoms with van der Waals surface area (Å²) in [7, 11) is -3.07. The molecule has 1 amide bonds. The summed E-state index contributed by atoms with van der Waals surface area (Å²) in [5.41, 5.74) is 1.38. The number of carbonyl (C=O) groups excluding carboxylic acids is 1. The molecule has 2 fully saturated rings. The summed E-state index contributed by atoms with van der Waals surface area (Å²) in [6, 6.07) is 1.69. The molecule has 1 saturated carbocycles. The first-order chi connectivity index (χ1) is 13.6. The molecule has 1 aromatic heterocycles. The number of hydrogen-bond acceptors (Lipinski definition) is 5. The molecule has 7 nitrogen and oxygen atoms in total. The zero-order valence-electron chi connectivity index (χ0n) is 18.5. The van der Waals surface area contributed by atoms with Gasteiger partial charge in [-0.05, 0) is 59.2 Å². The molecular weight excluding hydrogens is 388 g/mol. The van der Waals surface area contributed by atoms with Crippen LogP contribution in [-0.4, -0.2) is 77.6 Å². The molecule has 0 aromatic carbocycles. The zero-order chi connectivity index (χ0) is 21.4. The van der Waals surface area contributed by atoms with Crippen molar-refractivity contribution < 1.29 is 13.2 Å². The van der Waals surface area contributed by atoms with Gasteiger partial charge < -0.3 is 9.80 Å². The lowest BCUT2D eigenvalue weighted by atomic mass is 10.1. The molecule has 1 saturated heterocycles. The van der Waals surface area contributed by atoms with Gasteiger partial charge in [-0.3, -0.25) is 9.48 Å². The fraction of sp³-hybridized carbons (Fsp3) is 0.810. The van der Waals surface area contributed by atoms with E-state index in [2.05, 4.69) is 39.5 Å². The van der Waals surface area contributed by atoms with Crippen molar-refractivity contribution >= 4 is 15.7 Å². The molecule has 29 heavy (non-hydrogen) atoms. The molecule has 1 unspecified atom stereocenters. The monoisotopic (exact) mass is 424 g/mol. The summed E-state index contributed by atoms with van der Waals surface area (Å²) in [5, 5.41) is 4.70. The molecule has 2 heterocycles. The maximum atomic E-state index is 13.5. The minimum Gasteiger partial charge on any atom is -0.332 e. The van der Waals surface area contributed by atoms with Crippen LogP contribution in [0.5, 0.6) is 0 Å². The summed E-state index contributed by atoms with van der Waals surface area (Å²) in [4.78, 5) is 17.5. The summed E-state index contributed by atoms with van der Waals surface area (Å²) in [5.74, 6) is 0.576. The van der Waals surface area contributed by atoms with E-state index >= 15 is 0 Å². The van der Waals surface area contributed by atoms with E-state index in [1.54, 1.807) is 4.90 Å². The number of nitrogens with zero attached hydrogens (tertiary/aromatic N) is 4. The van der Waals surface area contributed by atoms with Crippen LogP contribution in [0.4, 0.5) is 0 Å². The molecule has 1 aliphatic heterocycles. The van der Waals surface area contributed by atoms with Crippen LogP contribution in [0.2, 0.25) is 0 Å². The highest BCUT2D eigenvalue weighted by molar-refractivity contribution is 7.91. The van der Waals surface area contributed by atoms with E-state index in [-0.39, 0.29) is 29.0 Å². The van der Waals surface area contributed by atoms with E-state index in [0.29, 0.717) is 24.6 Å². The van der Waals surface area contributed by atoms with Crippen molar-refractivity contribution in [1.82, 2.24) is 19.6 Å². The average molecular weight is 425 g/mol. The van der Waals surface area contributed by atoms with Crippen molar-refractivity contribution in [2.24, 2.45) is 0 Å². The second-order valence-corrected chi connectivity index (χ2v) is 11.6. The standard InChI is InChI=1S/C21H36N4O3S/c1-6-23(7-2)11-12-24(17-10-13-29(27,28)15-17)20(26)18-14-19(16-8-9-16)25(22-18)21(3,4)5/h14,16-17H,6-13,15H2,1-5H3. The Morgan fingerprint density at radius 1 is 1.17 bits per heavy atom. The molecule has 0 radical (unpaired) electrons. The first-order valence-electron chi connectivity index (χ1n) is 10.9. The summed E-state index contributed by atoms with van der Waals surface area (Å²) >= 11 is 0. The number of amides is 1. The second kappa shape index (κ2) is 8.38. The highest BCUT2D eigenvalue weighted by Gasteiger charge is 2.38. The van der Waals surface area contributed by atoms with Crippen LogP contribution >= 0.6 is 0 Å². The third-order valence-electron chi connectivity index (χ3n) is 6.05. The molecule has 0 bridgehead atoms.